The van der Waals surface area contributed by atoms with Gasteiger partial charge in [0.25, 0.3) is 5.91 Å². The van der Waals surface area contributed by atoms with E-state index in [9.17, 15) is 41.0 Å². The Bertz CT molecular complexity index is 1510. The number of aryl methyl sites for hydroxylation is 1. The number of carboxylic acid groups (broad SMARTS) is 1. The zero-order valence-corrected chi connectivity index (χ0v) is 23.1. The van der Waals surface area contributed by atoms with Crippen LogP contribution in [0.5, 0.6) is 5.75 Å². The van der Waals surface area contributed by atoms with E-state index in [0.29, 0.717) is 47.1 Å². The summed E-state index contributed by atoms with van der Waals surface area (Å²) in [5.74, 6) is -1.93. The first-order valence-electron chi connectivity index (χ1n) is 11.8. The molecule has 1 aliphatic rings. The fraction of sp³-hybridized carbons (Fsp3) is 0.222. The van der Waals surface area contributed by atoms with Crippen LogP contribution in [0.4, 0.5) is 26.3 Å². The highest BCUT2D eigenvalue weighted by atomic mass is 32.2. The molecule has 0 unspecified atom stereocenters. The summed E-state index contributed by atoms with van der Waals surface area (Å²) in [6.07, 6.45) is -6.72. The molecule has 4 rings (SSSR count). The first kappa shape index (κ1) is 30.6. The predicted octanol–water partition coefficient (Wildman–Crippen LogP) is 8.08. The van der Waals surface area contributed by atoms with Gasteiger partial charge in [0.2, 0.25) is 0 Å². The average molecular weight is 632 g/mol. The zero-order valence-electron chi connectivity index (χ0n) is 20.7. The Morgan fingerprint density at radius 3 is 2.20 bits per heavy atom. The van der Waals surface area contributed by atoms with Gasteiger partial charge >= 0.3 is 18.3 Å². The molecule has 0 spiro atoms. The molecule has 1 aromatic heterocycles. The van der Waals surface area contributed by atoms with Crippen molar-refractivity contribution in [1.29, 1.82) is 0 Å². The summed E-state index contributed by atoms with van der Waals surface area (Å²) in [7, 11) is 0. The Balaban J connectivity index is 1.42. The number of thioether (sulfide) groups is 1. The Kier molecular flexibility index (Phi) is 8.85. The standard InChI is InChI=1S/C27H19F6NO4S3/c28-26(29,30)17-8-15(9-18(11-17)27(31,32)33)16-10-19(40-13-16)12-22-23(36)34(25(39)41-22)6-2-1-3-14-4-5-20(24(37)38)21(35)7-14/h4-5,7-13,35H,1-3,6H2,(H,37,38)/b22-12-. The van der Waals surface area contributed by atoms with Gasteiger partial charge < -0.3 is 10.2 Å². The quantitative estimate of drug-likeness (QED) is 0.113. The minimum absolute atomic E-state index is 0.0705. The van der Waals surface area contributed by atoms with Crippen molar-refractivity contribution in [3.63, 3.8) is 0 Å². The van der Waals surface area contributed by atoms with E-state index in [1.165, 1.54) is 34.6 Å². The van der Waals surface area contributed by atoms with Gasteiger partial charge in [-0.1, -0.05) is 30.0 Å². The molecule has 3 aromatic rings. The van der Waals surface area contributed by atoms with Crippen LogP contribution < -0.4 is 0 Å². The molecule has 5 nitrogen and oxygen atoms in total. The summed E-state index contributed by atoms with van der Waals surface area (Å²) < 4.78 is 79.7. The van der Waals surface area contributed by atoms with E-state index in [2.05, 4.69) is 0 Å². The van der Waals surface area contributed by atoms with Gasteiger partial charge in [-0.25, -0.2) is 4.79 Å². The molecule has 216 valence electrons. The molecule has 2 aromatic carbocycles. The lowest BCUT2D eigenvalue weighted by Gasteiger charge is -2.14. The minimum atomic E-state index is -4.96. The van der Waals surface area contributed by atoms with E-state index in [-0.39, 0.29) is 39.3 Å². The third-order valence-electron chi connectivity index (χ3n) is 6.08. The Labute approximate surface area is 243 Å². The fourth-order valence-corrected chi connectivity index (χ4v) is 6.26. The van der Waals surface area contributed by atoms with Gasteiger partial charge in [0.15, 0.2) is 0 Å². The molecule has 0 radical (unpaired) electrons. The number of thiophene rings is 1. The normalized spacial score (nSPS) is 15.3. The van der Waals surface area contributed by atoms with Crippen LogP contribution in [0.15, 0.2) is 52.7 Å². The second kappa shape index (κ2) is 11.9. The van der Waals surface area contributed by atoms with Crippen molar-refractivity contribution >= 4 is 57.6 Å². The van der Waals surface area contributed by atoms with Crippen molar-refractivity contribution in [2.75, 3.05) is 6.54 Å². The second-order valence-electron chi connectivity index (χ2n) is 8.98. The smallest absolute Gasteiger partial charge is 0.416 e. The molecule has 1 fully saturated rings. The topological polar surface area (TPSA) is 77.8 Å². The first-order valence-corrected chi connectivity index (χ1v) is 13.9. The Hall–Kier alpha value is -3.36. The van der Waals surface area contributed by atoms with Gasteiger partial charge in [-0.3, -0.25) is 9.69 Å². The van der Waals surface area contributed by atoms with Crippen molar-refractivity contribution < 1.29 is 46.1 Å². The monoisotopic (exact) mass is 631 g/mol. The number of phenols is 1. The molecule has 41 heavy (non-hydrogen) atoms. The lowest BCUT2D eigenvalue weighted by molar-refractivity contribution is -0.143. The first-order chi connectivity index (χ1) is 19.1. The van der Waals surface area contributed by atoms with Crippen LogP contribution in [0, 0.1) is 0 Å². The van der Waals surface area contributed by atoms with Crippen LogP contribution in [0.2, 0.25) is 0 Å². The van der Waals surface area contributed by atoms with Crippen molar-refractivity contribution in [2.45, 2.75) is 31.6 Å². The van der Waals surface area contributed by atoms with Crippen LogP contribution in [0.3, 0.4) is 0 Å². The van der Waals surface area contributed by atoms with Crippen molar-refractivity contribution in [3.05, 3.63) is 79.9 Å². The Morgan fingerprint density at radius 2 is 1.61 bits per heavy atom. The highest BCUT2D eigenvalue weighted by Crippen LogP contribution is 2.40. The van der Waals surface area contributed by atoms with E-state index in [1.54, 1.807) is 6.07 Å². The summed E-state index contributed by atoms with van der Waals surface area (Å²) in [6.45, 7) is 0.307. The summed E-state index contributed by atoms with van der Waals surface area (Å²) in [5, 5.41) is 20.2. The highest BCUT2D eigenvalue weighted by Gasteiger charge is 2.37. The number of rotatable bonds is 8. The molecule has 0 atom stereocenters. The summed E-state index contributed by atoms with van der Waals surface area (Å²) in [4.78, 5) is 26.1. The maximum Gasteiger partial charge on any atom is 0.416 e. The number of alkyl halides is 6. The molecular weight excluding hydrogens is 612 g/mol. The number of carbonyl (C=O) groups excluding carboxylic acids is 1. The van der Waals surface area contributed by atoms with Gasteiger partial charge in [0.1, 0.15) is 15.6 Å². The lowest BCUT2D eigenvalue weighted by atomic mass is 10.0. The zero-order chi connectivity index (χ0) is 30.1. The average Bonchev–Trinajstić information content (AvgIpc) is 3.45. The third-order valence-corrected chi connectivity index (χ3v) is 8.33. The number of thiocarbonyl (C=S) groups is 1. The largest absolute Gasteiger partial charge is 0.507 e. The van der Waals surface area contributed by atoms with Crippen molar-refractivity contribution in [3.8, 4) is 16.9 Å². The number of hydrogen-bond acceptors (Lipinski definition) is 6. The van der Waals surface area contributed by atoms with E-state index in [4.69, 9.17) is 17.3 Å². The van der Waals surface area contributed by atoms with Gasteiger partial charge in [-0.2, -0.15) is 26.3 Å². The summed E-state index contributed by atoms with van der Waals surface area (Å²) in [5.41, 5.74) is -2.39. The van der Waals surface area contributed by atoms with Gasteiger partial charge in [0, 0.05) is 11.4 Å². The van der Waals surface area contributed by atoms with E-state index < -0.39 is 29.4 Å². The number of amides is 1. The van der Waals surface area contributed by atoms with Crippen LogP contribution >= 0.6 is 35.3 Å². The molecule has 1 aliphatic heterocycles. The minimum Gasteiger partial charge on any atom is -0.507 e. The third kappa shape index (κ3) is 7.29. The molecular formula is C27H19F6NO4S3. The number of nitrogens with zero attached hydrogens (tertiary/aromatic N) is 1. The highest BCUT2D eigenvalue weighted by molar-refractivity contribution is 8.26. The summed E-state index contributed by atoms with van der Waals surface area (Å²) in [6, 6.07) is 7.09. The van der Waals surface area contributed by atoms with Crippen LogP contribution in [-0.2, 0) is 23.6 Å². The molecule has 0 saturated carbocycles. The van der Waals surface area contributed by atoms with Crippen LogP contribution in [0.25, 0.3) is 17.2 Å². The maximum atomic E-state index is 13.2. The number of aromatic carboxylic acids is 1. The number of benzene rings is 2. The fourth-order valence-electron chi connectivity index (χ4n) is 4.04. The Morgan fingerprint density at radius 1 is 0.951 bits per heavy atom. The van der Waals surface area contributed by atoms with E-state index >= 15 is 0 Å². The number of carboxylic acids is 1. The molecule has 14 heteroatoms. The molecule has 0 aliphatic carbocycles. The molecule has 2 heterocycles. The number of halogens is 6. The van der Waals surface area contributed by atoms with Crippen LogP contribution in [0.1, 0.15) is 44.8 Å². The SMILES string of the molecule is O=C(O)c1ccc(CCCCN2C(=O)/C(=C/c3cc(-c4cc(C(F)(F)F)cc(C(F)(F)F)c4)cs3)SC2=S)cc1O. The van der Waals surface area contributed by atoms with Gasteiger partial charge in [-0.15, -0.1) is 11.3 Å². The summed E-state index contributed by atoms with van der Waals surface area (Å²) >= 11 is 7.42. The van der Waals surface area contributed by atoms with Crippen molar-refractivity contribution in [2.24, 2.45) is 0 Å². The number of aromatic hydroxyl groups is 1. The number of carbonyl (C=O) groups is 2. The number of hydrogen-bond donors (Lipinski definition) is 2. The molecule has 1 saturated heterocycles. The molecule has 1 amide bonds. The maximum absolute atomic E-state index is 13.2. The van der Waals surface area contributed by atoms with Gasteiger partial charge in [0.05, 0.1) is 16.0 Å². The van der Waals surface area contributed by atoms with Crippen LogP contribution in [-0.4, -0.2) is 37.9 Å². The number of unbranched alkanes of at least 4 members (excludes halogenated alkanes) is 1. The second-order valence-corrected chi connectivity index (χ2v) is 11.6. The molecule has 2 N–H and O–H groups in total. The van der Waals surface area contributed by atoms with E-state index in [1.807, 2.05) is 0 Å². The van der Waals surface area contributed by atoms with E-state index in [0.717, 1.165) is 28.7 Å². The lowest BCUT2D eigenvalue weighted by Crippen LogP contribution is -2.29. The van der Waals surface area contributed by atoms with Gasteiger partial charge in [-0.05, 0) is 83.8 Å². The predicted molar refractivity (Wildman–Crippen MR) is 148 cm³/mol. The molecule has 0 bridgehead atoms. The van der Waals surface area contributed by atoms with Crippen molar-refractivity contribution in [1.82, 2.24) is 4.90 Å².